The SMILES string of the molecule is CCCOC(C[SiH2]CC[SiH2]CC(OCCC)OCCC)OCCC. The Labute approximate surface area is 155 Å². The molecule has 0 radical (unpaired) electrons. The van der Waals surface area contributed by atoms with E-state index in [0.29, 0.717) is 0 Å². The fraction of sp³-hybridized carbons (Fsp3) is 1.00. The molecule has 4 nitrogen and oxygen atoms in total. The van der Waals surface area contributed by atoms with Crippen molar-refractivity contribution < 1.29 is 18.9 Å². The molecular formula is C18H42O4Si2. The summed E-state index contributed by atoms with van der Waals surface area (Å²) < 4.78 is 23.2. The minimum absolute atomic E-state index is 0.0618. The number of hydrogen-bond donors (Lipinski definition) is 0. The summed E-state index contributed by atoms with van der Waals surface area (Å²) in [5.74, 6) is 0. The molecule has 0 amide bonds. The lowest BCUT2D eigenvalue weighted by Crippen LogP contribution is -2.21. The van der Waals surface area contributed by atoms with Gasteiger partial charge in [0, 0.05) is 45.5 Å². The van der Waals surface area contributed by atoms with Crippen LogP contribution < -0.4 is 0 Å². The predicted molar refractivity (Wildman–Crippen MR) is 109 cm³/mol. The summed E-state index contributed by atoms with van der Waals surface area (Å²) in [6.07, 6.45) is 4.39. The molecule has 0 saturated carbocycles. The van der Waals surface area contributed by atoms with Crippen LogP contribution in [0, 0.1) is 0 Å². The summed E-state index contributed by atoms with van der Waals surface area (Å²) >= 11 is 0. The maximum absolute atomic E-state index is 5.81. The summed E-state index contributed by atoms with van der Waals surface area (Å²) in [5, 5.41) is 0. The van der Waals surface area contributed by atoms with Crippen LogP contribution in [0.4, 0.5) is 0 Å². The zero-order chi connectivity index (χ0) is 17.9. The summed E-state index contributed by atoms with van der Waals surface area (Å²) in [5.41, 5.74) is 0. The monoisotopic (exact) mass is 378 g/mol. The van der Waals surface area contributed by atoms with Crippen molar-refractivity contribution in [3.63, 3.8) is 0 Å². The Balaban J connectivity index is 3.74. The fourth-order valence-corrected chi connectivity index (χ4v) is 7.14. The molecule has 146 valence electrons. The largest absolute Gasteiger partial charge is 0.353 e. The first-order valence-corrected chi connectivity index (χ1v) is 14.2. The summed E-state index contributed by atoms with van der Waals surface area (Å²) in [6, 6.07) is 5.16. The third-order valence-electron chi connectivity index (χ3n) is 3.66. The normalized spacial score (nSPS) is 12.8. The smallest absolute Gasteiger partial charge is 0.154 e. The van der Waals surface area contributed by atoms with Crippen molar-refractivity contribution in [2.24, 2.45) is 0 Å². The molecule has 0 rings (SSSR count). The highest BCUT2D eigenvalue weighted by Gasteiger charge is 2.10. The quantitative estimate of drug-likeness (QED) is 0.196. The van der Waals surface area contributed by atoms with E-state index in [1.807, 2.05) is 0 Å². The first kappa shape index (κ1) is 24.3. The van der Waals surface area contributed by atoms with E-state index in [0.717, 1.165) is 64.2 Å². The van der Waals surface area contributed by atoms with Gasteiger partial charge in [0.05, 0.1) is 0 Å². The lowest BCUT2D eigenvalue weighted by atomic mass is 10.5. The molecule has 0 saturated heterocycles. The van der Waals surface area contributed by atoms with Gasteiger partial charge in [-0.05, 0) is 37.8 Å². The van der Waals surface area contributed by atoms with Gasteiger partial charge in [0.1, 0.15) is 0 Å². The van der Waals surface area contributed by atoms with Crippen molar-refractivity contribution >= 4 is 19.0 Å². The summed E-state index contributed by atoms with van der Waals surface area (Å²) in [6.45, 7) is 11.9. The van der Waals surface area contributed by atoms with Gasteiger partial charge in [-0.1, -0.05) is 39.8 Å². The van der Waals surface area contributed by atoms with Crippen LogP contribution in [0.5, 0.6) is 0 Å². The van der Waals surface area contributed by atoms with Crippen LogP contribution in [0.2, 0.25) is 24.2 Å². The van der Waals surface area contributed by atoms with Crippen LogP contribution in [-0.2, 0) is 18.9 Å². The molecule has 0 aliphatic rings. The van der Waals surface area contributed by atoms with E-state index in [2.05, 4.69) is 27.7 Å². The van der Waals surface area contributed by atoms with Crippen molar-refractivity contribution in [1.29, 1.82) is 0 Å². The van der Waals surface area contributed by atoms with Crippen molar-refractivity contribution in [2.45, 2.75) is 90.1 Å². The van der Waals surface area contributed by atoms with Crippen LogP contribution in [-0.4, -0.2) is 58.0 Å². The van der Waals surface area contributed by atoms with E-state index < -0.39 is 0 Å². The van der Waals surface area contributed by atoms with E-state index >= 15 is 0 Å². The van der Waals surface area contributed by atoms with E-state index in [1.165, 1.54) is 12.1 Å². The number of ether oxygens (including phenoxy) is 4. The zero-order valence-corrected chi connectivity index (χ0v) is 19.5. The number of rotatable bonds is 19. The second kappa shape index (κ2) is 19.6. The Bertz CT molecular complexity index is 205. The van der Waals surface area contributed by atoms with Crippen LogP contribution in [0.1, 0.15) is 53.4 Å². The molecule has 0 bridgehead atoms. The van der Waals surface area contributed by atoms with Crippen LogP contribution >= 0.6 is 0 Å². The summed E-state index contributed by atoms with van der Waals surface area (Å²) in [4.78, 5) is 0. The van der Waals surface area contributed by atoms with Gasteiger partial charge < -0.3 is 18.9 Å². The van der Waals surface area contributed by atoms with Crippen LogP contribution in [0.15, 0.2) is 0 Å². The van der Waals surface area contributed by atoms with Gasteiger partial charge in [-0.25, -0.2) is 0 Å². The maximum Gasteiger partial charge on any atom is 0.154 e. The number of hydrogen-bond acceptors (Lipinski definition) is 4. The van der Waals surface area contributed by atoms with E-state index in [-0.39, 0.29) is 31.6 Å². The Morgan fingerprint density at radius 2 is 0.833 bits per heavy atom. The highest BCUT2D eigenvalue weighted by molar-refractivity contribution is 6.42. The molecule has 0 aromatic heterocycles. The van der Waals surface area contributed by atoms with E-state index in [4.69, 9.17) is 18.9 Å². The molecule has 6 heteroatoms. The van der Waals surface area contributed by atoms with Crippen molar-refractivity contribution in [3.05, 3.63) is 0 Å². The Kier molecular flexibility index (Phi) is 19.8. The van der Waals surface area contributed by atoms with Gasteiger partial charge in [0.2, 0.25) is 0 Å². The van der Waals surface area contributed by atoms with E-state index in [1.54, 1.807) is 0 Å². The first-order chi connectivity index (χ1) is 11.8. The van der Waals surface area contributed by atoms with Gasteiger partial charge in [-0.15, -0.1) is 0 Å². The van der Waals surface area contributed by atoms with Crippen molar-refractivity contribution in [2.75, 3.05) is 26.4 Å². The molecule has 0 unspecified atom stereocenters. The standard InChI is InChI=1S/C18H42O4Si2/c1-5-9-19-17(20-10-6-2)15-23-13-14-24-16-18(21-11-7-3)22-12-8-4/h17-18H,5-16,23-24H2,1-4H3. The molecule has 0 aromatic carbocycles. The Morgan fingerprint density at radius 3 is 1.08 bits per heavy atom. The fourth-order valence-electron chi connectivity index (χ4n) is 2.40. The minimum Gasteiger partial charge on any atom is -0.353 e. The molecule has 0 aliphatic heterocycles. The molecule has 0 spiro atoms. The average molecular weight is 379 g/mol. The Hall–Kier alpha value is 0.274. The first-order valence-electron chi connectivity index (χ1n) is 10.2. The third kappa shape index (κ3) is 15.8. The van der Waals surface area contributed by atoms with Gasteiger partial charge >= 0.3 is 0 Å². The second-order valence-electron chi connectivity index (χ2n) is 6.33. The Morgan fingerprint density at radius 1 is 0.542 bits per heavy atom. The minimum atomic E-state index is -0.0656. The van der Waals surface area contributed by atoms with Crippen LogP contribution in [0.25, 0.3) is 0 Å². The topological polar surface area (TPSA) is 36.9 Å². The molecule has 24 heavy (non-hydrogen) atoms. The average Bonchev–Trinajstić information content (AvgIpc) is 2.61. The summed E-state index contributed by atoms with van der Waals surface area (Å²) in [7, 11) is -0.131. The molecule has 0 heterocycles. The molecular weight excluding hydrogens is 336 g/mol. The molecule has 0 fully saturated rings. The third-order valence-corrected chi connectivity index (χ3v) is 8.42. The zero-order valence-electron chi connectivity index (χ0n) is 16.7. The van der Waals surface area contributed by atoms with Gasteiger partial charge in [-0.2, -0.15) is 0 Å². The van der Waals surface area contributed by atoms with Gasteiger partial charge in [-0.3, -0.25) is 0 Å². The van der Waals surface area contributed by atoms with Crippen molar-refractivity contribution in [1.82, 2.24) is 0 Å². The molecule has 0 N–H and O–H groups in total. The second-order valence-corrected chi connectivity index (χ2v) is 10.3. The van der Waals surface area contributed by atoms with Gasteiger partial charge in [0.15, 0.2) is 12.6 Å². The maximum atomic E-state index is 5.81. The molecule has 0 aliphatic carbocycles. The highest BCUT2D eigenvalue weighted by Crippen LogP contribution is 2.08. The highest BCUT2D eigenvalue weighted by atomic mass is 28.2. The molecule has 0 atom stereocenters. The van der Waals surface area contributed by atoms with Crippen molar-refractivity contribution in [3.8, 4) is 0 Å². The predicted octanol–water partition coefficient (Wildman–Crippen LogP) is 3.36. The molecule has 0 aromatic rings. The van der Waals surface area contributed by atoms with Crippen LogP contribution in [0.3, 0.4) is 0 Å². The van der Waals surface area contributed by atoms with E-state index in [9.17, 15) is 0 Å². The lowest BCUT2D eigenvalue weighted by Gasteiger charge is -2.19. The van der Waals surface area contributed by atoms with Gasteiger partial charge in [0.25, 0.3) is 0 Å². The lowest BCUT2D eigenvalue weighted by molar-refractivity contribution is -0.130.